The Morgan fingerprint density at radius 1 is 1.15 bits per heavy atom. The first-order valence-electron chi connectivity index (χ1n) is 7.98. The van der Waals surface area contributed by atoms with Gasteiger partial charge in [0.05, 0.1) is 16.8 Å². The van der Waals surface area contributed by atoms with Crippen LogP contribution < -0.4 is 5.32 Å². The number of halogens is 1. The number of nitrogens with zero attached hydrogens (tertiary/aromatic N) is 1. The summed E-state index contributed by atoms with van der Waals surface area (Å²) < 4.78 is 5.02. The molecule has 0 unspecified atom stereocenters. The zero-order valence-corrected chi connectivity index (χ0v) is 15.6. The molecule has 6 heteroatoms. The van der Waals surface area contributed by atoms with Gasteiger partial charge in [0.2, 0.25) is 0 Å². The Morgan fingerprint density at radius 3 is 2.38 bits per heavy atom. The third-order valence-corrected chi connectivity index (χ3v) is 3.93. The summed E-state index contributed by atoms with van der Waals surface area (Å²) in [6.07, 6.45) is 0. The Morgan fingerprint density at radius 2 is 1.81 bits per heavy atom. The summed E-state index contributed by atoms with van der Waals surface area (Å²) >= 11 is 5.86. The van der Waals surface area contributed by atoms with Crippen molar-refractivity contribution in [2.24, 2.45) is 0 Å². The first-order chi connectivity index (χ1) is 12.2. The fourth-order valence-electron chi connectivity index (χ4n) is 2.22. The number of hydrogen-bond donors (Lipinski definition) is 1. The van der Waals surface area contributed by atoms with Crippen LogP contribution in [-0.4, -0.2) is 18.5 Å². The van der Waals surface area contributed by atoms with Crippen molar-refractivity contribution in [3.8, 4) is 6.07 Å². The fraction of sp³-hybridized carbons (Fsp3) is 0.250. The average molecular weight is 371 g/mol. The maximum absolute atomic E-state index is 12.1. The molecule has 2 aromatic rings. The molecule has 134 valence electrons. The molecule has 0 radical (unpaired) electrons. The van der Waals surface area contributed by atoms with E-state index in [0.717, 1.165) is 5.56 Å². The summed E-state index contributed by atoms with van der Waals surface area (Å²) in [5.41, 5.74) is 1.99. The van der Waals surface area contributed by atoms with E-state index in [1.165, 1.54) is 12.1 Å². The molecule has 1 amide bonds. The molecule has 0 spiro atoms. The number of hydrogen-bond acceptors (Lipinski definition) is 4. The lowest BCUT2D eigenvalue weighted by atomic mass is 9.87. The molecule has 1 N–H and O–H groups in total. The van der Waals surface area contributed by atoms with Gasteiger partial charge >= 0.3 is 5.97 Å². The van der Waals surface area contributed by atoms with E-state index in [0.29, 0.717) is 10.6 Å². The van der Waals surface area contributed by atoms with E-state index in [2.05, 4.69) is 26.1 Å². The fourth-order valence-corrected chi connectivity index (χ4v) is 2.40. The van der Waals surface area contributed by atoms with Gasteiger partial charge in [0.1, 0.15) is 6.07 Å². The lowest BCUT2D eigenvalue weighted by molar-refractivity contribution is -0.119. The molecule has 0 saturated carbocycles. The van der Waals surface area contributed by atoms with Crippen LogP contribution in [0.2, 0.25) is 5.02 Å². The van der Waals surface area contributed by atoms with Crippen LogP contribution in [0.1, 0.15) is 42.3 Å². The van der Waals surface area contributed by atoms with Crippen molar-refractivity contribution in [3.63, 3.8) is 0 Å². The molecule has 0 bridgehead atoms. The summed E-state index contributed by atoms with van der Waals surface area (Å²) in [4.78, 5) is 24.0. The Labute approximate surface area is 157 Å². The number of esters is 1. The van der Waals surface area contributed by atoms with Crippen molar-refractivity contribution in [1.29, 1.82) is 5.26 Å². The third-order valence-electron chi connectivity index (χ3n) is 3.70. The minimum absolute atomic E-state index is 0.0161. The molecule has 0 aliphatic carbocycles. The number of ether oxygens (including phenoxy) is 1. The molecule has 5 nitrogen and oxygen atoms in total. The number of nitrogens with one attached hydrogen (secondary N) is 1. The minimum Gasteiger partial charge on any atom is -0.452 e. The molecule has 0 atom stereocenters. The van der Waals surface area contributed by atoms with Crippen molar-refractivity contribution in [3.05, 3.63) is 64.2 Å². The van der Waals surface area contributed by atoms with Gasteiger partial charge in [0.15, 0.2) is 6.61 Å². The van der Waals surface area contributed by atoms with Gasteiger partial charge in [0.25, 0.3) is 5.91 Å². The normalized spacial score (nSPS) is 10.7. The molecule has 26 heavy (non-hydrogen) atoms. The monoisotopic (exact) mass is 370 g/mol. The predicted octanol–water partition coefficient (Wildman–Crippen LogP) is 4.30. The summed E-state index contributed by atoms with van der Waals surface area (Å²) in [7, 11) is 0. The SMILES string of the molecule is CC(C)(C)c1ccc(C(=O)OCC(=O)Nc2cc(Cl)ccc2C#N)cc1. The van der Waals surface area contributed by atoms with Crippen molar-refractivity contribution in [1.82, 2.24) is 0 Å². The highest BCUT2D eigenvalue weighted by Gasteiger charge is 2.16. The van der Waals surface area contributed by atoms with Crippen molar-refractivity contribution in [2.75, 3.05) is 11.9 Å². The van der Waals surface area contributed by atoms with Crippen LogP contribution in [0, 0.1) is 11.3 Å². The first kappa shape index (κ1) is 19.5. The molecule has 0 saturated heterocycles. The molecule has 0 aromatic heterocycles. The Balaban J connectivity index is 1.96. The Bertz CT molecular complexity index is 862. The molecule has 2 aromatic carbocycles. The maximum Gasteiger partial charge on any atom is 0.338 e. The third kappa shape index (κ3) is 5.08. The van der Waals surface area contributed by atoms with Crippen molar-refractivity contribution >= 4 is 29.2 Å². The smallest absolute Gasteiger partial charge is 0.338 e. The standard InChI is InChI=1S/C20H19ClN2O3/c1-20(2,3)15-7-4-13(5-8-15)19(25)26-12-18(24)23-17-10-16(21)9-6-14(17)11-22/h4-10H,12H2,1-3H3,(H,23,24). The van der Waals surface area contributed by atoms with Gasteiger partial charge in [0, 0.05) is 5.02 Å². The molecule has 0 aliphatic heterocycles. The van der Waals surface area contributed by atoms with E-state index in [1.807, 2.05) is 18.2 Å². The topological polar surface area (TPSA) is 79.2 Å². The number of benzene rings is 2. The lowest BCUT2D eigenvalue weighted by Crippen LogP contribution is -2.21. The highest BCUT2D eigenvalue weighted by molar-refractivity contribution is 6.31. The van der Waals surface area contributed by atoms with Gasteiger partial charge < -0.3 is 10.1 Å². The van der Waals surface area contributed by atoms with E-state index in [9.17, 15) is 9.59 Å². The van der Waals surface area contributed by atoms with Gasteiger partial charge in [-0.25, -0.2) is 4.79 Å². The van der Waals surface area contributed by atoms with Crippen LogP contribution in [0.4, 0.5) is 5.69 Å². The lowest BCUT2D eigenvalue weighted by Gasteiger charge is -2.18. The Hall–Kier alpha value is -2.84. The number of amides is 1. The highest BCUT2D eigenvalue weighted by atomic mass is 35.5. The predicted molar refractivity (Wildman–Crippen MR) is 100 cm³/mol. The van der Waals surface area contributed by atoms with Crippen molar-refractivity contribution < 1.29 is 14.3 Å². The van der Waals surface area contributed by atoms with Gasteiger partial charge in [-0.15, -0.1) is 0 Å². The Kier molecular flexibility index (Phi) is 6.01. The summed E-state index contributed by atoms with van der Waals surface area (Å²) in [5.74, 6) is -1.14. The van der Waals surface area contributed by atoms with Crippen LogP contribution in [0.5, 0.6) is 0 Å². The van der Waals surface area contributed by atoms with Gasteiger partial charge in [-0.05, 0) is 41.3 Å². The van der Waals surface area contributed by atoms with E-state index in [-0.39, 0.29) is 16.7 Å². The van der Waals surface area contributed by atoms with E-state index in [1.54, 1.807) is 18.2 Å². The number of carbonyl (C=O) groups excluding carboxylic acids is 2. The second-order valence-electron chi connectivity index (χ2n) is 6.75. The number of rotatable bonds is 4. The van der Waals surface area contributed by atoms with Crippen LogP contribution in [-0.2, 0) is 14.9 Å². The molecule has 0 fully saturated rings. The van der Waals surface area contributed by atoms with Crippen LogP contribution in [0.25, 0.3) is 0 Å². The minimum atomic E-state index is -0.591. The highest BCUT2D eigenvalue weighted by Crippen LogP contribution is 2.22. The molecular formula is C20H19ClN2O3. The second-order valence-corrected chi connectivity index (χ2v) is 7.19. The van der Waals surface area contributed by atoms with Crippen LogP contribution >= 0.6 is 11.6 Å². The van der Waals surface area contributed by atoms with E-state index >= 15 is 0 Å². The van der Waals surface area contributed by atoms with Gasteiger partial charge in [-0.2, -0.15) is 5.26 Å². The maximum atomic E-state index is 12.1. The average Bonchev–Trinajstić information content (AvgIpc) is 2.59. The molecule has 0 heterocycles. The number of nitriles is 1. The van der Waals surface area contributed by atoms with E-state index in [4.69, 9.17) is 21.6 Å². The second kappa shape index (κ2) is 8.03. The largest absolute Gasteiger partial charge is 0.452 e. The zero-order valence-electron chi connectivity index (χ0n) is 14.8. The van der Waals surface area contributed by atoms with E-state index < -0.39 is 18.5 Å². The zero-order chi connectivity index (χ0) is 19.3. The number of carbonyl (C=O) groups is 2. The first-order valence-corrected chi connectivity index (χ1v) is 8.35. The molecule has 2 rings (SSSR count). The summed E-state index contributed by atoms with van der Waals surface area (Å²) in [6, 6.07) is 13.5. The van der Waals surface area contributed by atoms with Crippen LogP contribution in [0.3, 0.4) is 0 Å². The molecular weight excluding hydrogens is 352 g/mol. The number of anilines is 1. The quantitative estimate of drug-likeness (QED) is 0.813. The molecule has 0 aliphatic rings. The summed E-state index contributed by atoms with van der Waals surface area (Å²) in [6.45, 7) is 5.78. The van der Waals surface area contributed by atoms with Crippen LogP contribution in [0.15, 0.2) is 42.5 Å². The van der Waals surface area contributed by atoms with Gasteiger partial charge in [-0.3, -0.25) is 4.79 Å². The van der Waals surface area contributed by atoms with Gasteiger partial charge in [-0.1, -0.05) is 44.5 Å². The van der Waals surface area contributed by atoms with Crippen molar-refractivity contribution in [2.45, 2.75) is 26.2 Å². The summed E-state index contributed by atoms with van der Waals surface area (Å²) in [5, 5.41) is 11.9.